The van der Waals surface area contributed by atoms with Crippen LogP contribution in [-0.2, 0) is 20.8 Å². The normalized spacial score (nSPS) is 19.3. The van der Waals surface area contributed by atoms with E-state index in [1.54, 1.807) is 40.1 Å². The highest BCUT2D eigenvalue weighted by Gasteiger charge is 2.41. The molecule has 40 heavy (non-hydrogen) atoms. The summed E-state index contributed by atoms with van der Waals surface area (Å²) < 4.78 is 6.17. The van der Waals surface area contributed by atoms with Gasteiger partial charge in [0, 0.05) is 43.6 Å². The van der Waals surface area contributed by atoms with Crippen molar-refractivity contribution in [3.05, 3.63) is 52.5 Å². The van der Waals surface area contributed by atoms with E-state index in [1.807, 2.05) is 12.1 Å². The van der Waals surface area contributed by atoms with Gasteiger partial charge < -0.3 is 35.4 Å². The number of aliphatic hydroxyl groups is 1. The summed E-state index contributed by atoms with van der Waals surface area (Å²) in [6.07, 6.45) is -0.683. The molecule has 2 aliphatic rings. The number of carboxylic acid groups (broad SMARTS) is 1. The molecule has 4 N–H and O–H groups in total. The van der Waals surface area contributed by atoms with Crippen LogP contribution in [0.1, 0.15) is 12.0 Å². The third kappa shape index (κ3) is 7.29. The largest absolute Gasteiger partial charge is 0.495 e. The molecular formula is C27H32BrN5O7. The highest BCUT2D eigenvalue weighted by atomic mass is 79.9. The number of nitrogens with zero attached hydrogens (tertiary/aromatic N) is 3. The lowest BCUT2D eigenvalue weighted by molar-refractivity contribution is -0.145. The van der Waals surface area contributed by atoms with E-state index >= 15 is 0 Å². The van der Waals surface area contributed by atoms with E-state index in [0.717, 1.165) is 4.47 Å². The van der Waals surface area contributed by atoms with E-state index in [-0.39, 0.29) is 37.7 Å². The molecule has 13 heteroatoms. The van der Waals surface area contributed by atoms with E-state index in [9.17, 15) is 24.3 Å². The SMILES string of the molecule is COc1cc(CC(=O)N2C[C@@H](O)C[C@H]2C(=O)N2CCN(CC(=O)O)CC2)ccc1NC(=O)Nc1ccccc1Br. The predicted molar refractivity (Wildman–Crippen MR) is 150 cm³/mol. The van der Waals surface area contributed by atoms with Crippen molar-refractivity contribution in [3.63, 3.8) is 0 Å². The monoisotopic (exact) mass is 617 g/mol. The Hall–Kier alpha value is -3.68. The van der Waals surface area contributed by atoms with Crippen LogP contribution in [0.2, 0.25) is 0 Å². The Morgan fingerprint density at radius 1 is 1.02 bits per heavy atom. The van der Waals surface area contributed by atoms with Crippen molar-refractivity contribution in [2.45, 2.75) is 25.0 Å². The molecule has 2 aliphatic heterocycles. The molecule has 2 aromatic carbocycles. The van der Waals surface area contributed by atoms with Crippen LogP contribution in [0.4, 0.5) is 16.2 Å². The fourth-order valence-corrected chi connectivity index (χ4v) is 5.30. The van der Waals surface area contributed by atoms with Gasteiger partial charge in [0.15, 0.2) is 0 Å². The first-order chi connectivity index (χ1) is 19.1. The number of nitrogens with one attached hydrogen (secondary N) is 2. The van der Waals surface area contributed by atoms with Crippen LogP contribution in [0.3, 0.4) is 0 Å². The molecule has 2 saturated heterocycles. The maximum absolute atomic E-state index is 13.3. The summed E-state index contributed by atoms with van der Waals surface area (Å²) in [5.41, 5.74) is 1.63. The van der Waals surface area contributed by atoms with Gasteiger partial charge in [-0.05, 0) is 45.8 Å². The topological polar surface area (TPSA) is 152 Å². The highest BCUT2D eigenvalue weighted by Crippen LogP contribution is 2.28. The fourth-order valence-electron chi connectivity index (χ4n) is 4.92. The number of ether oxygens (including phenoxy) is 1. The predicted octanol–water partition coefficient (Wildman–Crippen LogP) is 1.83. The number of piperazine rings is 1. The smallest absolute Gasteiger partial charge is 0.323 e. The number of aliphatic hydroxyl groups excluding tert-OH is 1. The number of amides is 4. The number of methoxy groups -OCH3 is 1. The van der Waals surface area contributed by atoms with Gasteiger partial charge in [0.25, 0.3) is 0 Å². The second kappa shape index (κ2) is 13.1. The summed E-state index contributed by atoms with van der Waals surface area (Å²) in [5, 5.41) is 24.8. The number of hydrogen-bond donors (Lipinski definition) is 4. The number of urea groups is 1. The third-order valence-electron chi connectivity index (χ3n) is 6.92. The summed E-state index contributed by atoms with van der Waals surface area (Å²) in [6, 6.07) is 10.9. The number of benzene rings is 2. The summed E-state index contributed by atoms with van der Waals surface area (Å²) >= 11 is 3.38. The lowest BCUT2D eigenvalue weighted by Crippen LogP contribution is -2.55. The third-order valence-corrected chi connectivity index (χ3v) is 7.61. The van der Waals surface area contributed by atoms with Crippen LogP contribution in [0.25, 0.3) is 0 Å². The molecule has 0 saturated carbocycles. The number of likely N-dealkylation sites (tertiary alicyclic amines) is 1. The Labute approximate surface area is 240 Å². The van der Waals surface area contributed by atoms with Gasteiger partial charge in [-0.1, -0.05) is 18.2 Å². The second-order valence-corrected chi connectivity index (χ2v) is 10.6. The number of carbonyl (C=O) groups excluding carboxylic acids is 3. The minimum Gasteiger partial charge on any atom is -0.495 e. The van der Waals surface area contributed by atoms with Crippen LogP contribution in [0.15, 0.2) is 46.9 Å². The van der Waals surface area contributed by atoms with Crippen molar-refractivity contribution in [1.29, 1.82) is 0 Å². The van der Waals surface area contributed by atoms with Crippen molar-refractivity contribution in [3.8, 4) is 5.75 Å². The minimum absolute atomic E-state index is 0.0251. The molecule has 0 unspecified atom stereocenters. The molecule has 214 valence electrons. The zero-order valence-corrected chi connectivity index (χ0v) is 23.6. The number of para-hydroxylation sites is 1. The number of halogens is 1. The molecule has 0 spiro atoms. The molecule has 4 rings (SSSR count). The summed E-state index contributed by atoms with van der Waals surface area (Å²) in [5.74, 6) is -1.11. The van der Waals surface area contributed by atoms with Crippen molar-refractivity contribution in [2.24, 2.45) is 0 Å². The van der Waals surface area contributed by atoms with Crippen molar-refractivity contribution >= 4 is 51.1 Å². The fraction of sp³-hybridized carbons (Fsp3) is 0.407. The van der Waals surface area contributed by atoms with Crippen molar-refractivity contribution < 1.29 is 34.1 Å². The van der Waals surface area contributed by atoms with E-state index in [1.165, 1.54) is 12.0 Å². The maximum Gasteiger partial charge on any atom is 0.323 e. The van der Waals surface area contributed by atoms with Crippen LogP contribution in [-0.4, -0.2) is 107 Å². The van der Waals surface area contributed by atoms with Gasteiger partial charge in [0.05, 0.1) is 37.6 Å². The Balaban J connectivity index is 1.38. The van der Waals surface area contributed by atoms with Crippen molar-refractivity contribution in [2.75, 3.05) is 57.0 Å². The first-order valence-corrected chi connectivity index (χ1v) is 13.6. The molecular weight excluding hydrogens is 586 g/mol. The lowest BCUT2D eigenvalue weighted by atomic mass is 10.1. The molecule has 2 atom stereocenters. The number of carbonyl (C=O) groups is 4. The molecule has 0 bridgehead atoms. The van der Waals surface area contributed by atoms with Crippen LogP contribution in [0.5, 0.6) is 5.75 Å². The number of rotatable bonds is 8. The highest BCUT2D eigenvalue weighted by molar-refractivity contribution is 9.10. The number of aliphatic carboxylic acids is 1. The maximum atomic E-state index is 13.3. The zero-order chi connectivity index (χ0) is 28.8. The molecule has 12 nitrogen and oxygen atoms in total. The number of anilines is 2. The number of carboxylic acids is 1. The van der Waals surface area contributed by atoms with Gasteiger partial charge in [-0.25, -0.2) is 4.79 Å². The lowest BCUT2D eigenvalue weighted by Gasteiger charge is -2.36. The molecule has 4 amide bonds. The number of hydrogen-bond acceptors (Lipinski definition) is 7. The first-order valence-electron chi connectivity index (χ1n) is 12.8. The molecule has 0 radical (unpaired) electrons. The second-order valence-electron chi connectivity index (χ2n) is 9.72. The van der Waals surface area contributed by atoms with Crippen molar-refractivity contribution in [1.82, 2.24) is 14.7 Å². The van der Waals surface area contributed by atoms with Gasteiger partial charge in [0.1, 0.15) is 11.8 Å². The van der Waals surface area contributed by atoms with Gasteiger partial charge in [-0.3, -0.25) is 19.3 Å². The molecule has 0 aromatic heterocycles. The average Bonchev–Trinajstić information content (AvgIpc) is 3.32. The first kappa shape index (κ1) is 29.3. The van der Waals surface area contributed by atoms with Gasteiger partial charge in [0.2, 0.25) is 11.8 Å². The van der Waals surface area contributed by atoms with Gasteiger partial charge in [-0.2, -0.15) is 0 Å². The van der Waals surface area contributed by atoms with Gasteiger partial charge in [-0.15, -0.1) is 0 Å². The summed E-state index contributed by atoms with van der Waals surface area (Å²) in [6.45, 7) is 1.56. The van der Waals surface area contributed by atoms with Crippen LogP contribution in [0, 0.1) is 0 Å². The Morgan fingerprint density at radius 3 is 2.40 bits per heavy atom. The Bertz CT molecular complexity index is 1270. The molecule has 0 aliphatic carbocycles. The van der Waals surface area contributed by atoms with E-state index < -0.39 is 24.1 Å². The zero-order valence-electron chi connectivity index (χ0n) is 22.0. The molecule has 2 heterocycles. The molecule has 2 aromatic rings. The van der Waals surface area contributed by atoms with E-state index in [2.05, 4.69) is 26.6 Å². The summed E-state index contributed by atoms with van der Waals surface area (Å²) in [4.78, 5) is 54.8. The minimum atomic E-state index is -0.917. The van der Waals surface area contributed by atoms with Crippen LogP contribution < -0.4 is 15.4 Å². The standard InChI is InChI=1S/C27H32BrN5O7/c1-40-23-12-17(6-7-21(23)30-27(39)29-20-5-3-2-4-19(20)28)13-24(35)33-15-18(34)14-22(33)26(38)32-10-8-31(9-11-32)16-25(36)37/h2-7,12,18,22,34H,8-11,13-16H2,1H3,(H,36,37)(H2,29,30,39)/t18-,22-/m0/s1. The quantitative estimate of drug-likeness (QED) is 0.350. The average molecular weight is 618 g/mol. The number of β-amino-alcohol motifs (C(OH)–C–C–N with tert-alkyl or cyclic N) is 1. The molecule has 2 fully saturated rings. The van der Waals surface area contributed by atoms with Crippen LogP contribution >= 0.6 is 15.9 Å². The Kier molecular flexibility index (Phi) is 9.61. The Morgan fingerprint density at radius 2 is 1.73 bits per heavy atom. The van der Waals surface area contributed by atoms with E-state index in [4.69, 9.17) is 9.84 Å². The van der Waals surface area contributed by atoms with Gasteiger partial charge >= 0.3 is 12.0 Å². The van der Waals surface area contributed by atoms with E-state index in [0.29, 0.717) is 48.9 Å². The summed E-state index contributed by atoms with van der Waals surface area (Å²) in [7, 11) is 1.46.